The number of nitrogens with one attached hydrogen (secondary N) is 2. The van der Waals surface area contributed by atoms with Gasteiger partial charge in [0.25, 0.3) is 0 Å². The standard InChI is InChI=1S/C18H20ClF4N3O2/c1-9-16(27)24-4-5-26(9)17(28)25-15(10-2-3-14(20)13(19)8-10)11-6-12(7-11)18(21,22)23/h2-3,8-9,11-12,15H,4-7H2,1H3,(H,24,27)(H,25,28)/t9-,11?,12?,15-/m1/s1. The van der Waals surface area contributed by atoms with E-state index in [2.05, 4.69) is 10.6 Å². The number of piperazine rings is 1. The van der Waals surface area contributed by atoms with Crippen molar-refractivity contribution in [2.75, 3.05) is 13.1 Å². The number of hydrogen-bond acceptors (Lipinski definition) is 2. The molecule has 0 spiro atoms. The molecule has 1 saturated carbocycles. The molecule has 1 aromatic rings. The highest BCUT2D eigenvalue weighted by Gasteiger charge is 2.50. The van der Waals surface area contributed by atoms with Crippen molar-refractivity contribution in [3.05, 3.63) is 34.6 Å². The van der Waals surface area contributed by atoms with Crippen LogP contribution in [0.1, 0.15) is 31.4 Å². The fraction of sp³-hybridized carbons (Fsp3) is 0.556. The molecule has 2 N–H and O–H groups in total. The van der Waals surface area contributed by atoms with Crippen LogP contribution in [-0.2, 0) is 4.79 Å². The number of rotatable bonds is 3. The normalized spacial score (nSPS) is 26.3. The van der Waals surface area contributed by atoms with Crippen LogP contribution >= 0.6 is 11.6 Å². The minimum absolute atomic E-state index is 0.139. The quantitative estimate of drug-likeness (QED) is 0.732. The third kappa shape index (κ3) is 4.19. The number of alkyl halides is 3. The topological polar surface area (TPSA) is 61.4 Å². The maximum atomic E-state index is 13.5. The first-order valence-electron chi connectivity index (χ1n) is 8.94. The molecule has 1 heterocycles. The maximum Gasteiger partial charge on any atom is 0.391 e. The first-order valence-corrected chi connectivity index (χ1v) is 9.32. The zero-order valence-electron chi connectivity index (χ0n) is 15.0. The average Bonchev–Trinajstić information content (AvgIpc) is 2.56. The van der Waals surface area contributed by atoms with Gasteiger partial charge in [-0.15, -0.1) is 0 Å². The largest absolute Gasteiger partial charge is 0.391 e. The fourth-order valence-corrected chi connectivity index (χ4v) is 3.85. The Labute approximate surface area is 164 Å². The molecule has 1 aromatic carbocycles. The molecule has 1 aliphatic heterocycles. The van der Waals surface area contributed by atoms with Crippen LogP contribution in [0.4, 0.5) is 22.4 Å². The molecular weight excluding hydrogens is 402 g/mol. The Hall–Kier alpha value is -2.03. The van der Waals surface area contributed by atoms with Crippen LogP contribution in [0.2, 0.25) is 5.02 Å². The molecule has 1 saturated heterocycles. The predicted molar refractivity (Wildman–Crippen MR) is 94.1 cm³/mol. The Balaban J connectivity index is 1.79. The third-order valence-corrected chi connectivity index (χ3v) is 5.74. The van der Waals surface area contributed by atoms with Gasteiger partial charge in [0.05, 0.1) is 17.0 Å². The lowest BCUT2D eigenvalue weighted by Crippen LogP contribution is -2.59. The van der Waals surface area contributed by atoms with Gasteiger partial charge in [0.1, 0.15) is 11.9 Å². The van der Waals surface area contributed by atoms with E-state index in [0.29, 0.717) is 12.1 Å². The molecule has 0 aromatic heterocycles. The van der Waals surface area contributed by atoms with Crippen LogP contribution < -0.4 is 10.6 Å². The number of benzene rings is 1. The SMILES string of the molecule is C[C@@H]1C(=O)NCCN1C(=O)N[C@H](c1ccc(F)c(Cl)c1)C1CC(C(F)(F)F)C1. The van der Waals surface area contributed by atoms with Crippen LogP contribution in [0, 0.1) is 17.7 Å². The highest BCUT2D eigenvalue weighted by Crippen LogP contribution is 2.49. The van der Waals surface area contributed by atoms with Crippen molar-refractivity contribution in [1.82, 2.24) is 15.5 Å². The van der Waals surface area contributed by atoms with E-state index in [1.165, 1.54) is 17.0 Å². The van der Waals surface area contributed by atoms with Gasteiger partial charge >= 0.3 is 12.2 Å². The molecule has 28 heavy (non-hydrogen) atoms. The molecule has 2 fully saturated rings. The van der Waals surface area contributed by atoms with Gasteiger partial charge in [0.15, 0.2) is 0 Å². The maximum absolute atomic E-state index is 13.5. The van der Waals surface area contributed by atoms with E-state index in [-0.39, 0.29) is 30.3 Å². The summed E-state index contributed by atoms with van der Waals surface area (Å²) < 4.78 is 52.2. The lowest BCUT2D eigenvalue weighted by molar-refractivity contribution is -0.206. The Morgan fingerprint density at radius 1 is 1.36 bits per heavy atom. The number of halogens is 5. The second kappa shape index (κ2) is 7.77. The molecule has 10 heteroatoms. The Kier molecular flexibility index (Phi) is 5.74. The highest BCUT2D eigenvalue weighted by atomic mass is 35.5. The molecule has 0 unspecified atom stereocenters. The van der Waals surface area contributed by atoms with Gasteiger partial charge < -0.3 is 15.5 Å². The molecule has 3 amide bonds. The number of carbonyl (C=O) groups is 2. The predicted octanol–water partition coefficient (Wildman–Crippen LogP) is 3.64. The summed E-state index contributed by atoms with van der Waals surface area (Å²) in [5.74, 6) is -2.85. The van der Waals surface area contributed by atoms with Gasteiger partial charge in [0, 0.05) is 13.1 Å². The second-order valence-corrected chi connectivity index (χ2v) is 7.64. The van der Waals surface area contributed by atoms with Crippen molar-refractivity contribution in [2.24, 2.45) is 11.8 Å². The Bertz CT molecular complexity index is 768. The lowest BCUT2D eigenvalue weighted by atomic mass is 9.69. The van der Waals surface area contributed by atoms with Crippen molar-refractivity contribution < 1.29 is 27.2 Å². The van der Waals surface area contributed by atoms with Gasteiger partial charge in [-0.1, -0.05) is 17.7 Å². The van der Waals surface area contributed by atoms with Crippen molar-refractivity contribution in [3.8, 4) is 0 Å². The summed E-state index contributed by atoms with van der Waals surface area (Å²) in [5, 5.41) is 5.20. The van der Waals surface area contributed by atoms with E-state index in [1.807, 2.05) is 0 Å². The summed E-state index contributed by atoms with van der Waals surface area (Å²) in [4.78, 5) is 25.8. The smallest absolute Gasteiger partial charge is 0.353 e. The molecule has 2 aliphatic rings. The zero-order chi connectivity index (χ0) is 20.6. The summed E-state index contributed by atoms with van der Waals surface area (Å²) >= 11 is 5.82. The molecule has 5 nitrogen and oxygen atoms in total. The first kappa shape index (κ1) is 20.7. The van der Waals surface area contributed by atoms with Gasteiger partial charge in [-0.05, 0) is 43.4 Å². The number of carbonyl (C=O) groups excluding carboxylic acids is 2. The van der Waals surface area contributed by atoms with Crippen LogP contribution in [-0.4, -0.2) is 42.1 Å². The minimum Gasteiger partial charge on any atom is -0.353 e. The number of nitrogens with zero attached hydrogens (tertiary/aromatic N) is 1. The monoisotopic (exact) mass is 421 g/mol. The summed E-state index contributed by atoms with van der Waals surface area (Å²) in [6.45, 7) is 2.15. The van der Waals surface area contributed by atoms with E-state index in [0.717, 1.165) is 6.07 Å². The zero-order valence-corrected chi connectivity index (χ0v) is 15.8. The van der Waals surface area contributed by atoms with Gasteiger partial charge in [-0.25, -0.2) is 9.18 Å². The van der Waals surface area contributed by atoms with Crippen molar-refractivity contribution >= 4 is 23.5 Å². The van der Waals surface area contributed by atoms with Crippen molar-refractivity contribution in [1.29, 1.82) is 0 Å². The molecule has 0 radical (unpaired) electrons. The van der Waals surface area contributed by atoms with E-state index in [1.54, 1.807) is 6.92 Å². The summed E-state index contributed by atoms with van der Waals surface area (Å²) in [7, 11) is 0. The summed E-state index contributed by atoms with van der Waals surface area (Å²) in [6, 6.07) is 1.82. The van der Waals surface area contributed by atoms with Crippen LogP contribution in [0.3, 0.4) is 0 Å². The van der Waals surface area contributed by atoms with Gasteiger partial charge in [0.2, 0.25) is 5.91 Å². The second-order valence-electron chi connectivity index (χ2n) is 7.23. The van der Waals surface area contributed by atoms with Crippen molar-refractivity contribution in [2.45, 2.75) is 38.0 Å². The molecule has 1 aliphatic carbocycles. The highest BCUT2D eigenvalue weighted by molar-refractivity contribution is 6.30. The summed E-state index contributed by atoms with van der Waals surface area (Å²) in [6.07, 6.45) is -4.57. The van der Waals surface area contributed by atoms with Crippen LogP contribution in [0.15, 0.2) is 18.2 Å². The molecule has 2 atom stereocenters. The molecule has 0 bridgehead atoms. The average molecular weight is 422 g/mol. The number of hydrogen-bond donors (Lipinski definition) is 2. The van der Waals surface area contributed by atoms with E-state index < -0.39 is 41.9 Å². The Morgan fingerprint density at radius 2 is 2.04 bits per heavy atom. The number of urea groups is 1. The minimum atomic E-state index is -4.29. The van der Waals surface area contributed by atoms with E-state index in [9.17, 15) is 27.2 Å². The van der Waals surface area contributed by atoms with E-state index in [4.69, 9.17) is 11.6 Å². The van der Waals surface area contributed by atoms with Crippen LogP contribution in [0.25, 0.3) is 0 Å². The van der Waals surface area contributed by atoms with Crippen LogP contribution in [0.5, 0.6) is 0 Å². The third-order valence-electron chi connectivity index (χ3n) is 5.45. The summed E-state index contributed by atoms with van der Waals surface area (Å²) in [5.41, 5.74) is 0.430. The number of amides is 3. The lowest BCUT2D eigenvalue weighted by Gasteiger charge is -2.43. The molecule has 154 valence electrons. The fourth-order valence-electron chi connectivity index (χ4n) is 3.66. The van der Waals surface area contributed by atoms with Gasteiger partial charge in [-0.2, -0.15) is 13.2 Å². The Morgan fingerprint density at radius 3 is 2.64 bits per heavy atom. The molecular formula is C18H20ClF4N3O2. The first-order chi connectivity index (χ1) is 13.1. The van der Waals surface area contributed by atoms with E-state index >= 15 is 0 Å². The molecule has 3 rings (SSSR count). The van der Waals surface area contributed by atoms with Gasteiger partial charge in [-0.3, -0.25) is 4.79 Å². The van der Waals surface area contributed by atoms with Crippen molar-refractivity contribution in [3.63, 3.8) is 0 Å².